The van der Waals surface area contributed by atoms with Crippen molar-refractivity contribution in [2.75, 3.05) is 0 Å². The Morgan fingerprint density at radius 2 is 2.10 bits per heavy atom. The number of aryl methyl sites for hydroxylation is 1. The molecule has 7 nitrogen and oxygen atoms in total. The molecule has 0 saturated carbocycles. The smallest absolute Gasteiger partial charge is 0.274 e. The first-order chi connectivity index (χ1) is 9.88. The molecule has 3 N–H and O–H groups in total. The molecule has 8 heteroatoms. The van der Waals surface area contributed by atoms with Crippen LogP contribution in [0.15, 0.2) is 27.8 Å². The number of aromatic amines is 1. The normalized spacial score (nSPS) is 12.2. The van der Waals surface area contributed by atoms with Crippen molar-refractivity contribution < 1.29 is 12.8 Å². The first-order valence-electron chi connectivity index (χ1n) is 6.69. The van der Waals surface area contributed by atoms with E-state index >= 15 is 0 Å². The second kappa shape index (κ2) is 6.42. The first-order valence-corrected chi connectivity index (χ1v) is 8.17. The van der Waals surface area contributed by atoms with Crippen LogP contribution in [0.2, 0.25) is 0 Å². The van der Waals surface area contributed by atoms with Gasteiger partial charge < -0.3 is 9.73 Å². The summed E-state index contributed by atoms with van der Waals surface area (Å²) in [5.41, 5.74) is 1.63. The fourth-order valence-corrected chi connectivity index (χ4v) is 2.65. The van der Waals surface area contributed by atoms with Gasteiger partial charge in [-0.05, 0) is 19.1 Å². The molecule has 0 unspecified atom stereocenters. The third kappa shape index (κ3) is 4.16. The van der Waals surface area contributed by atoms with Crippen LogP contribution in [-0.4, -0.2) is 24.7 Å². The van der Waals surface area contributed by atoms with Crippen molar-refractivity contribution in [3.05, 3.63) is 35.3 Å². The van der Waals surface area contributed by atoms with Crippen molar-refractivity contribution in [2.24, 2.45) is 0 Å². The highest BCUT2D eigenvalue weighted by Gasteiger charge is 2.19. The van der Waals surface area contributed by atoms with Gasteiger partial charge in [-0.25, -0.2) is 13.1 Å². The number of sulfonamides is 1. The van der Waals surface area contributed by atoms with Gasteiger partial charge in [0, 0.05) is 23.8 Å². The van der Waals surface area contributed by atoms with Crippen LogP contribution in [0.3, 0.4) is 0 Å². The molecule has 0 atom stereocenters. The lowest BCUT2D eigenvalue weighted by molar-refractivity contribution is 0.393. The minimum Gasteiger partial charge on any atom is -0.447 e. The molecule has 2 aromatic rings. The summed E-state index contributed by atoms with van der Waals surface area (Å²) in [6, 6.07) is 3.42. The van der Waals surface area contributed by atoms with Crippen molar-refractivity contribution in [2.45, 2.75) is 45.0 Å². The molecule has 0 radical (unpaired) electrons. The highest BCUT2D eigenvalue weighted by atomic mass is 32.2. The standard InChI is InChI=1S/C13H20N4O3S/c1-9(2)14-8-12-4-5-13(20-12)21(18,19)16-7-11-6-15-17-10(11)3/h4-6,9,14,16H,7-8H2,1-3H3,(H,15,17). The second-order valence-electron chi connectivity index (χ2n) is 5.10. The maximum Gasteiger partial charge on any atom is 0.274 e. The summed E-state index contributed by atoms with van der Waals surface area (Å²) in [6.45, 7) is 6.52. The van der Waals surface area contributed by atoms with Gasteiger partial charge >= 0.3 is 0 Å². The third-order valence-electron chi connectivity index (χ3n) is 2.97. The zero-order valence-corrected chi connectivity index (χ0v) is 13.1. The van der Waals surface area contributed by atoms with Crippen LogP contribution < -0.4 is 10.0 Å². The fourth-order valence-electron chi connectivity index (χ4n) is 1.70. The third-order valence-corrected chi connectivity index (χ3v) is 4.25. The van der Waals surface area contributed by atoms with Crippen molar-refractivity contribution in [3.63, 3.8) is 0 Å². The number of rotatable bonds is 7. The van der Waals surface area contributed by atoms with Crippen LogP contribution >= 0.6 is 0 Å². The van der Waals surface area contributed by atoms with Crippen molar-refractivity contribution in [1.82, 2.24) is 20.2 Å². The Bertz CT molecular complexity index is 688. The van der Waals surface area contributed by atoms with Gasteiger partial charge in [-0.1, -0.05) is 13.8 Å². The van der Waals surface area contributed by atoms with Gasteiger partial charge in [-0.2, -0.15) is 5.10 Å². The predicted octanol–water partition coefficient (Wildman–Crippen LogP) is 1.29. The maximum atomic E-state index is 12.1. The number of nitrogens with zero attached hydrogens (tertiary/aromatic N) is 1. The zero-order valence-electron chi connectivity index (χ0n) is 12.3. The van der Waals surface area contributed by atoms with Crippen LogP contribution in [-0.2, 0) is 23.1 Å². The molecule has 0 aliphatic rings. The lowest BCUT2D eigenvalue weighted by Gasteiger charge is -2.05. The summed E-state index contributed by atoms with van der Waals surface area (Å²) in [7, 11) is -3.66. The molecule has 2 rings (SSSR count). The number of furan rings is 1. The lowest BCUT2D eigenvalue weighted by atomic mass is 10.3. The van der Waals surface area contributed by atoms with E-state index in [2.05, 4.69) is 20.2 Å². The quantitative estimate of drug-likeness (QED) is 0.715. The molecular weight excluding hydrogens is 292 g/mol. The molecular formula is C13H20N4O3S. The van der Waals surface area contributed by atoms with E-state index in [4.69, 9.17) is 4.42 Å². The summed E-state index contributed by atoms with van der Waals surface area (Å²) in [5.74, 6) is 0.587. The number of aromatic nitrogens is 2. The molecule has 0 spiro atoms. The van der Waals surface area contributed by atoms with Gasteiger partial charge in [0.2, 0.25) is 5.09 Å². The van der Waals surface area contributed by atoms with Gasteiger partial charge in [0.1, 0.15) is 5.76 Å². The van der Waals surface area contributed by atoms with E-state index in [1.165, 1.54) is 6.07 Å². The van der Waals surface area contributed by atoms with E-state index in [0.717, 1.165) is 11.3 Å². The van der Waals surface area contributed by atoms with E-state index < -0.39 is 10.0 Å². The van der Waals surface area contributed by atoms with Gasteiger partial charge in [0.25, 0.3) is 10.0 Å². The van der Waals surface area contributed by atoms with Crippen molar-refractivity contribution in [3.8, 4) is 0 Å². The molecule has 21 heavy (non-hydrogen) atoms. The van der Waals surface area contributed by atoms with E-state index in [1.54, 1.807) is 12.3 Å². The molecule has 0 fully saturated rings. The van der Waals surface area contributed by atoms with Gasteiger partial charge in [0.15, 0.2) is 0 Å². The van der Waals surface area contributed by atoms with Crippen LogP contribution in [0.5, 0.6) is 0 Å². The van der Waals surface area contributed by atoms with Crippen LogP contribution in [0.1, 0.15) is 30.9 Å². The molecule has 2 heterocycles. The van der Waals surface area contributed by atoms with E-state index in [-0.39, 0.29) is 11.6 Å². The van der Waals surface area contributed by atoms with E-state index in [0.29, 0.717) is 18.3 Å². The van der Waals surface area contributed by atoms with Gasteiger partial charge in [0.05, 0.1) is 12.7 Å². The SMILES string of the molecule is Cc1[nH]ncc1CNS(=O)(=O)c1ccc(CNC(C)C)o1. The number of hydrogen-bond donors (Lipinski definition) is 3. The highest BCUT2D eigenvalue weighted by molar-refractivity contribution is 7.89. The molecule has 0 amide bonds. The number of hydrogen-bond acceptors (Lipinski definition) is 5. The Morgan fingerprint density at radius 3 is 2.71 bits per heavy atom. The minimum atomic E-state index is -3.66. The first kappa shape index (κ1) is 15.7. The summed E-state index contributed by atoms with van der Waals surface area (Å²) in [6.07, 6.45) is 1.60. The summed E-state index contributed by atoms with van der Waals surface area (Å²) in [5, 5.41) is 9.70. The largest absolute Gasteiger partial charge is 0.447 e. The average Bonchev–Trinajstić information content (AvgIpc) is 3.03. The topological polar surface area (TPSA) is 100 Å². The molecule has 0 aliphatic carbocycles. The lowest BCUT2D eigenvalue weighted by Crippen LogP contribution is -2.23. The van der Waals surface area contributed by atoms with Crippen LogP contribution in [0.4, 0.5) is 0 Å². The molecule has 0 aromatic carbocycles. The summed E-state index contributed by atoms with van der Waals surface area (Å²) in [4.78, 5) is 0. The fraction of sp³-hybridized carbons (Fsp3) is 0.462. The monoisotopic (exact) mass is 312 g/mol. The molecule has 2 aromatic heterocycles. The molecule has 116 valence electrons. The molecule has 0 aliphatic heterocycles. The zero-order chi connectivity index (χ0) is 15.5. The predicted molar refractivity (Wildman–Crippen MR) is 78.0 cm³/mol. The van der Waals surface area contributed by atoms with Crippen LogP contribution in [0, 0.1) is 6.92 Å². The van der Waals surface area contributed by atoms with E-state index in [1.807, 2.05) is 20.8 Å². The Labute approximate surface area is 124 Å². The Morgan fingerprint density at radius 1 is 1.33 bits per heavy atom. The Kier molecular flexibility index (Phi) is 4.81. The highest BCUT2D eigenvalue weighted by Crippen LogP contribution is 2.14. The Balaban J connectivity index is 2.01. The van der Waals surface area contributed by atoms with Gasteiger partial charge in [-0.3, -0.25) is 5.10 Å². The second-order valence-corrected chi connectivity index (χ2v) is 6.80. The summed E-state index contributed by atoms with van der Waals surface area (Å²) < 4.78 is 32.1. The van der Waals surface area contributed by atoms with Crippen LogP contribution in [0.25, 0.3) is 0 Å². The maximum absolute atomic E-state index is 12.1. The average molecular weight is 312 g/mol. The van der Waals surface area contributed by atoms with Gasteiger partial charge in [-0.15, -0.1) is 0 Å². The Hall–Kier alpha value is -1.64. The minimum absolute atomic E-state index is 0.0794. The molecule has 0 saturated heterocycles. The summed E-state index contributed by atoms with van der Waals surface area (Å²) >= 11 is 0. The van der Waals surface area contributed by atoms with Crippen molar-refractivity contribution in [1.29, 1.82) is 0 Å². The van der Waals surface area contributed by atoms with E-state index in [9.17, 15) is 8.42 Å². The van der Waals surface area contributed by atoms with Crippen molar-refractivity contribution >= 4 is 10.0 Å². The number of H-pyrrole nitrogens is 1. The number of nitrogens with one attached hydrogen (secondary N) is 3. The molecule has 0 bridgehead atoms.